The summed E-state index contributed by atoms with van der Waals surface area (Å²) in [6.45, 7) is 0. The number of benzene rings is 1. The monoisotopic (exact) mass is 143 g/mol. The van der Waals surface area contributed by atoms with Gasteiger partial charge in [0.05, 0.1) is 0 Å². The molecule has 3 nitrogen and oxygen atoms in total. The van der Waals surface area contributed by atoms with Gasteiger partial charge in [-0.05, 0) is 12.1 Å². The molecule has 1 aromatic carbocycles. The lowest BCUT2D eigenvalue weighted by Crippen LogP contribution is -1.90. The summed E-state index contributed by atoms with van der Waals surface area (Å²) in [6.07, 6.45) is 0. The predicted octanol–water partition coefficient (Wildman–Crippen LogP) is 0.819. The molecule has 0 heterocycles. The summed E-state index contributed by atoms with van der Waals surface area (Å²) in [7, 11) is 0. The first-order chi connectivity index (χ1) is 4.63. The molecule has 4 N–H and O–H groups in total. The van der Waals surface area contributed by atoms with Gasteiger partial charge in [0.15, 0.2) is 11.6 Å². The summed E-state index contributed by atoms with van der Waals surface area (Å²) in [5.74, 6) is -1.91. The molecule has 1 aromatic rings. The van der Waals surface area contributed by atoms with Crippen LogP contribution in [0.5, 0.6) is 11.5 Å². The molecule has 0 aliphatic rings. The Hall–Kier alpha value is -1.45. The van der Waals surface area contributed by atoms with Crippen LogP contribution in [0.25, 0.3) is 0 Å². The van der Waals surface area contributed by atoms with Crippen LogP contribution in [0.2, 0.25) is 0 Å². The lowest BCUT2D eigenvalue weighted by Gasteiger charge is -2.00. The molecule has 0 bridgehead atoms. The summed E-state index contributed by atoms with van der Waals surface area (Å²) in [5, 5.41) is 17.4. The Morgan fingerprint density at radius 2 is 1.70 bits per heavy atom. The average Bonchev–Trinajstić information content (AvgIpc) is 1.93. The van der Waals surface area contributed by atoms with Gasteiger partial charge in [-0.25, -0.2) is 4.39 Å². The Morgan fingerprint density at radius 1 is 1.20 bits per heavy atom. The Balaban J connectivity index is 3.34. The highest BCUT2D eigenvalue weighted by Crippen LogP contribution is 2.28. The van der Waals surface area contributed by atoms with Gasteiger partial charge in [-0.2, -0.15) is 0 Å². The summed E-state index contributed by atoms with van der Waals surface area (Å²) in [6, 6.07) is 2.15. The van der Waals surface area contributed by atoms with Crippen molar-refractivity contribution in [1.29, 1.82) is 0 Å². The van der Waals surface area contributed by atoms with Crippen LogP contribution in [-0.2, 0) is 0 Å². The molecule has 0 fully saturated rings. The first kappa shape index (κ1) is 6.67. The van der Waals surface area contributed by atoms with Crippen LogP contribution in [0.4, 0.5) is 10.1 Å². The van der Waals surface area contributed by atoms with Gasteiger partial charge < -0.3 is 15.9 Å². The number of phenolic OH excluding ortho intramolecular Hbond substituents is 2. The molecule has 0 spiro atoms. The number of nitrogen functional groups attached to an aromatic ring is 1. The SMILES string of the molecule is Nc1c(O)ccc(O)c1F. The van der Waals surface area contributed by atoms with E-state index in [9.17, 15) is 4.39 Å². The quantitative estimate of drug-likeness (QED) is 0.286. The van der Waals surface area contributed by atoms with E-state index in [-0.39, 0.29) is 5.75 Å². The number of hydrogen-bond donors (Lipinski definition) is 3. The van der Waals surface area contributed by atoms with E-state index in [1.165, 1.54) is 0 Å². The lowest BCUT2D eigenvalue weighted by molar-refractivity contribution is 0.424. The average molecular weight is 143 g/mol. The number of rotatable bonds is 0. The van der Waals surface area contributed by atoms with Crippen molar-refractivity contribution >= 4 is 5.69 Å². The number of halogens is 1. The van der Waals surface area contributed by atoms with E-state index < -0.39 is 17.3 Å². The molecule has 0 radical (unpaired) electrons. The highest BCUT2D eigenvalue weighted by atomic mass is 19.1. The van der Waals surface area contributed by atoms with Gasteiger partial charge >= 0.3 is 0 Å². The summed E-state index contributed by atoms with van der Waals surface area (Å²) < 4.78 is 12.5. The normalized spacial score (nSPS) is 9.70. The fraction of sp³-hybridized carbons (Fsp3) is 0. The second-order valence-electron chi connectivity index (χ2n) is 1.83. The van der Waals surface area contributed by atoms with Gasteiger partial charge in [-0.15, -0.1) is 0 Å². The van der Waals surface area contributed by atoms with E-state index in [0.717, 1.165) is 12.1 Å². The maximum absolute atomic E-state index is 12.5. The number of aromatic hydroxyl groups is 2. The highest BCUT2D eigenvalue weighted by molar-refractivity contribution is 5.56. The molecular formula is C6H6FNO2. The minimum atomic E-state index is -0.986. The zero-order valence-electron chi connectivity index (χ0n) is 5.00. The maximum atomic E-state index is 12.5. The van der Waals surface area contributed by atoms with Crippen molar-refractivity contribution in [1.82, 2.24) is 0 Å². The van der Waals surface area contributed by atoms with Gasteiger partial charge in [0.25, 0.3) is 0 Å². The van der Waals surface area contributed by atoms with Gasteiger partial charge in [0.1, 0.15) is 11.4 Å². The van der Waals surface area contributed by atoms with Crippen LogP contribution in [-0.4, -0.2) is 10.2 Å². The minimum Gasteiger partial charge on any atom is -0.506 e. The van der Waals surface area contributed by atoms with E-state index in [2.05, 4.69) is 0 Å². The molecule has 0 amide bonds. The summed E-state index contributed by atoms with van der Waals surface area (Å²) >= 11 is 0. The fourth-order valence-electron chi connectivity index (χ4n) is 0.571. The molecule has 0 aliphatic heterocycles. The number of hydrogen-bond acceptors (Lipinski definition) is 3. The van der Waals surface area contributed by atoms with Crippen molar-refractivity contribution in [2.24, 2.45) is 0 Å². The third-order valence-electron chi connectivity index (χ3n) is 1.14. The minimum absolute atomic E-state index is 0.365. The molecule has 0 saturated heterocycles. The molecule has 0 unspecified atom stereocenters. The van der Waals surface area contributed by atoms with Crippen molar-refractivity contribution in [3.05, 3.63) is 17.9 Å². The molecule has 0 aromatic heterocycles. The van der Waals surface area contributed by atoms with Crippen molar-refractivity contribution in [3.8, 4) is 11.5 Å². The number of anilines is 1. The van der Waals surface area contributed by atoms with Gasteiger partial charge in [0, 0.05) is 0 Å². The Morgan fingerprint density at radius 3 is 2.20 bits per heavy atom. The third kappa shape index (κ3) is 0.834. The van der Waals surface area contributed by atoms with E-state index in [0.29, 0.717) is 0 Å². The smallest absolute Gasteiger partial charge is 0.191 e. The Bertz CT molecular complexity index is 235. The molecule has 4 heteroatoms. The van der Waals surface area contributed by atoms with Crippen LogP contribution in [0, 0.1) is 5.82 Å². The zero-order valence-corrected chi connectivity index (χ0v) is 5.00. The summed E-state index contributed by atoms with van der Waals surface area (Å²) in [4.78, 5) is 0. The van der Waals surface area contributed by atoms with Crippen molar-refractivity contribution < 1.29 is 14.6 Å². The van der Waals surface area contributed by atoms with E-state index >= 15 is 0 Å². The molecule has 10 heavy (non-hydrogen) atoms. The van der Waals surface area contributed by atoms with Crippen LogP contribution in [0.1, 0.15) is 0 Å². The molecule has 0 aliphatic carbocycles. The fourth-order valence-corrected chi connectivity index (χ4v) is 0.571. The largest absolute Gasteiger partial charge is 0.506 e. The first-order valence-corrected chi connectivity index (χ1v) is 2.59. The molecule has 0 atom stereocenters. The Labute approximate surface area is 56.5 Å². The predicted molar refractivity (Wildman–Crippen MR) is 34.1 cm³/mol. The van der Waals surface area contributed by atoms with Crippen LogP contribution in [0.15, 0.2) is 12.1 Å². The van der Waals surface area contributed by atoms with Crippen LogP contribution < -0.4 is 5.73 Å². The maximum Gasteiger partial charge on any atom is 0.191 e. The number of phenols is 2. The van der Waals surface area contributed by atoms with Gasteiger partial charge in [-0.1, -0.05) is 0 Å². The van der Waals surface area contributed by atoms with Crippen LogP contribution >= 0.6 is 0 Å². The van der Waals surface area contributed by atoms with E-state index in [1.54, 1.807) is 0 Å². The third-order valence-corrected chi connectivity index (χ3v) is 1.14. The second-order valence-corrected chi connectivity index (χ2v) is 1.83. The summed E-state index contributed by atoms with van der Waals surface area (Å²) in [5.41, 5.74) is 4.57. The highest BCUT2D eigenvalue weighted by Gasteiger charge is 2.07. The van der Waals surface area contributed by atoms with Gasteiger partial charge in [-0.3, -0.25) is 0 Å². The van der Waals surface area contributed by atoms with E-state index in [1.807, 2.05) is 0 Å². The number of nitrogens with two attached hydrogens (primary N) is 1. The van der Waals surface area contributed by atoms with Gasteiger partial charge in [0.2, 0.25) is 0 Å². The standard InChI is InChI=1S/C6H6FNO2/c7-5-3(9)1-2-4(10)6(5)8/h1-2,9-10H,8H2. The van der Waals surface area contributed by atoms with Crippen molar-refractivity contribution in [2.75, 3.05) is 5.73 Å². The van der Waals surface area contributed by atoms with E-state index in [4.69, 9.17) is 15.9 Å². The van der Waals surface area contributed by atoms with Crippen molar-refractivity contribution in [3.63, 3.8) is 0 Å². The zero-order chi connectivity index (χ0) is 7.72. The molecular weight excluding hydrogens is 137 g/mol. The topological polar surface area (TPSA) is 66.5 Å². The van der Waals surface area contributed by atoms with Crippen molar-refractivity contribution in [2.45, 2.75) is 0 Å². The molecule has 1 rings (SSSR count). The van der Waals surface area contributed by atoms with Crippen LogP contribution in [0.3, 0.4) is 0 Å². The first-order valence-electron chi connectivity index (χ1n) is 2.59. The lowest BCUT2D eigenvalue weighted by atomic mass is 10.2. The Kier molecular flexibility index (Phi) is 1.37. The molecule has 0 saturated carbocycles. The molecule has 54 valence electrons. The second kappa shape index (κ2) is 2.06.